The van der Waals surface area contributed by atoms with Gasteiger partial charge >= 0.3 is 0 Å². The predicted octanol–water partition coefficient (Wildman–Crippen LogP) is 5.27. The highest BCUT2D eigenvalue weighted by Gasteiger charge is 2.71. The number of furan rings is 1. The molecule has 192 valence electrons. The average molecular weight is 517 g/mol. The minimum Gasteiger partial charge on any atom is -0.496 e. The molecule has 3 aliphatic rings. The summed E-state index contributed by atoms with van der Waals surface area (Å²) in [7, 11) is 1.51. The van der Waals surface area contributed by atoms with E-state index in [1.54, 1.807) is 36.4 Å². The molecule has 1 saturated heterocycles. The number of para-hydroxylation sites is 2. The van der Waals surface area contributed by atoms with Crippen LogP contribution in [0.4, 0.5) is 5.69 Å². The van der Waals surface area contributed by atoms with Crippen LogP contribution >= 0.6 is 0 Å². The van der Waals surface area contributed by atoms with Crippen molar-refractivity contribution in [3.05, 3.63) is 125 Å². The maximum Gasteiger partial charge on any atom is 0.238 e. The van der Waals surface area contributed by atoms with Gasteiger partial charge in [0.05, 0.1) is 30.9 Å². The second kappa shape index (κ2) is 8.56. The highest BCUT2D eigenvalue weighted by atomic mass is 16.5. The lowest BCUT2D eigenvalue weighted by molar-refractivity contribution is -0.122. The monoisotopic (exact) mass is 516 g/mol. The van der Waals surface area contributed by atoms with E-state index < -0.39 is 29.2 Å². The number of methoxy groups -OCH3 is 1. The average Bonchev–Trinajstić information content (AvgIpc) is 3.69. The summed E-state index contributed by atoms with van der Waals surface area (Å²) in [6.45, 7) is 0. The fourth-order valence-corrected chi connectivity index (χ4v) is 6.75. The Morgan fingerprint density at radius 3 is 2.51 bits per heavy atom. The van der Waals surface area contributed by atoms with Crippen LogP contribution in [-0.4, -0.2) is 35.5 Å². The van der Waals surface area contributed by atoms with E-state index in [-0.39, 0.29) is 17.5 Å². The summed E-state index contributed by atoms with van der Waals surface area (Å²) >= 11 is 0. The lowest BCUT2D eigenvalue weighted by atomic mass is 9.63. The van der Waals surface area contributed by atoms with Crippen LogP contribution in [0.15, 0.2) is 102 Å². The first-order valence-corrected chi connectivity index (χ1v) is 12.8. The summed E-state index contributed by atoms with van der Waals surface area (Å²) in [5, 5.41) is 3.04. The highest BCUT2D eigenvalue weighted by Crippen LogP contribution is 2.62. The van der Waals surface area contributed by atoms with Crippen LogP contribution in [0.2, 0.25) is 0 Å². The van der Waals surface area contributed by atoms with Crippen molar-refractivity contribution in [3.63, 3.8) is 0 Å². The number of hydrogen-bond acceptors (Lipinski definition) is 6. The van der Waals surface area contributed by atoms with E-state index in [2.05, 4.69) is 5.32 Å². The molecule has 7 nitrogen and oxygen atoms in total. The van der Waals surface area contributed by atoms with E-state index in [0.717, 1.165) is 11.1 Å². The molecule has 3 aromatic carbocycles. The number of fused-ring (bicyclic) bond motifs is 6. The Balaban J connectivity index is 1.55. The van der Waals surface area contributed by atoms with Crippen molar-refractivity contribution < 1.29 is 23.5 Å². The third-order valence-electron chi connectivity index (χ3n) is 8.26. The molecule has 4 heterocycles. The number of Topliss-reactive ketones (excluding diaryl/α,β-unsaturated/α-hetero) is 2. The first-order chi connectivity index (χ1) is 19.1. The van der Waals surface area contributed by atoms with Gasteiger partial charge in [0.1, 0.15) is 17.2 Å². The number of rotatable bonds is 5. The largest absolute Gasteiger partial charge is 0.496 e. The second-order valence-corrected chi connectivity index (χ2v) is 9.99. The van der Waals surface area contributed by atoms with Crippen molar-refractivity contribution in [3.8, 4) is 5.75 Å². The van der Waals surface area contributed by atoms with Gasteiger partial charge in [0.25, 0.3) is 0 Å². The molecule has 0 saturated carbocycles. The number of benzene rings is 3. The standard InChI is InChI=1S/C32H24N2O5/c1-38-24-14-7-4-11-21(24)28(35)27-26(29(36)25-15-8-18-39-25)32(22-12-5-6-13-23(22)33-31(32)37)30-20-10-3-2-9-19(20)16-17-34(27)30/h2-18,26-27,30H,1H3,(H,33,37). The molecule has 3 aliphatic heterocycles. The van der Waals surface area contributed by atoms with Gasteiger partial charge < -0.3 is 19.4 Å². The number of carbonyl (C=O) groups excluding carboxylic acids is 3. The first-order valence-electron chi connectivity index (χ1n) is 12.8. The molecule has 0 radical (unpaired) electrons. The SMILES string of the molecule is COc1ccccc1C(=O)C1C(C(=O)c2ccco2)C2(C(=O)Nc3ccccc32)C2c3ccccc3C=CN12. The maximum absolute atomic E-state index is 14.6. The summed E-state index contributed by atoms with van der Waals surface area (Å²) in [6.07, 6.45) is 5.20. The van der Waals surface area contributed by atoms with E-state index in [9.17, 15) is 14.4 Å². The summed E-state index contributed by atoms with van der Waals surface area (Å²) in [6, 6.07) is 23.8. The van der Waals surface area contributed by atoms with Gasteiger partial charge in [-0.05, 0) is 53.1 Å². The number of amides is 1. The predicted molar refractivity (Wildman–Crippen MR) is 144 cm³/mol. The van der Waals surface area contributed by atoms with Gasteiger partial charge in [-0.1, -0.05) is 54.6 Å². The Morgan fingerprint density at radius 2 is 1.69 bits per heavy atom. The number of nitrogens with one attached hydrogen (secondary N) is 1. The van der Waals surface area contributed by atoms with Crippen molar-refractivity contribution in [2.75, 3.05) is 12.4 Å². The molecule has 7 rings (SSSR count). The van der Waals surface area contributed by atoms with Crippen LogP contribution in [-0.2, 0) is 10.2 Å². The lowest BCUT2D eigenvalue weighted by Crippen LogP contribution is -2.49. The van der Waals surface area contributed by atoms with Crippen LogP contribution in [0, 0.1) is 5.92 Å². The van der Waals surface area contributed by atoms with Crippen molar-refractivity contribution >= 4 is 29.2 Å². The van der Waals surface area contributed by atoms with Gasteiger partial charge in [0, 0.05) is 11.9 Å². The zero-order valence-corrected chi connectivity index (χ0v) is 21.0. The lowest BCUT2D eigenvalue weighted by Gasteiger charge is -2.38. The minimum absolute atomic E-state index is 0.103. The highest BCUT2D eigenvalue weighted by molar-refractivity contribution is 6.16. The molecule has 1 fully saturated rings. The van der Waals surface area contributed by atoms with Crippen LogP contribution < -0.4 is 10.1 Å². The summed E-state index contributed by atoms with van der Waals surface area (Å²) < 4.78 is 11.1. The molecule has 1 N–H and O–H groups in total. The molecule has 1 aromatic heterocycles. The van der Waals surface area contributed by atoms with Crippen LogP contribution in [0.25, 0.3) is 6.08 Å². The normalized spacial score (nSPS) is 24.2. The van der Waals surface area contributed by atoms with E-state index in [1.807, 2.05) is 65.7 Å². The molecule has 39 heavy (non-hydrogen) atoms. The molecule has 4 aromatic rings. The Bertz CT molecular complexity index is 1670. The van der Waals surface area contributed by atoms with E-state index in [0.29, 0.717) is 22.6 Å². The minimum atomic E-state index is -1.40. The van der Waals surface area contributed by atoms with Gasteiger partial charge in [-0.2, -0.15) is 0 Å². The number of hydrogen-bond donors (Lipinski definition) is 1. The van der Waals surface area contributed by atoms with Crippen LogP contribution in [0.5, 0.6) is 5.75 Å². The summed E-state index contributed by atoms with van der Waals surface area (Å²) in [5.74, 6) is -1.61. The molecule has 4 unspecified atom stereocenters. The van der Waals surface area contributed by atoms with Gasteiger partial charge in [-0.15, -0.1) is 0 Å². The van der Waals surface area contributed by atoms with Crippen LogP contribution in [0.3, 0.4) is 0 Å². The summed E-state index contributed by atoms with van der Waals surface area (Å²) in [4.78, 5) is 45.3. The Hall–Kier alpha value is -4.91. The molecular formula is C32H24N2O5. The molecule has 1 spiro atoms. The molecule has 7 heteroatoms. The maximum atomic E-state index is 14.6. The van der Waals surface area contributed by atoms with Crippen molar-refractivity contribution in [1.82, 2.24) is 4.90 Å². The number of anilines is 1. The molecule has 0 bridgehead atoms. The van der Waals surface area contributed by atoms with Crippen LogP contribution in [0.1, 0.15) is 43.6 Å². The zero-order valence-electron chi connectivity index (χ0n) is 21.0. The van der Waals surface area contributed by atoms with Gasteiger partial charge in [0.2, 0.25) is 11.7 Å². The number of ketones is 2. The van der Waals surface area contributed by atoms with Gasteiger partial charge in [-0.3, -0.25) is 14.4 Å². The fraction of sp³-hybridized carbons (Fsp3) is 0.156. The molecule has 4 atom stereocenters. The summed E-state index contributed by atoms with van der Waals surface area (Å²) in [5.41, 5.74) is 2.08. The molecule has 0 aliphatic carbocycles. The third-order valence-corrected chi connectivity index (χ3v) is 8.26. The zero-order chi connectivity index (χ0) is 26.7. The molecular weight excluding hydrogens is 492 g/mol. The topological polar surface area (TPSA) is 88.9 Å². The van der Waals surface area contributed by atoms with E-state index >= 15 is 0 Å². The quantitative estimate of drug-likeness (QED) is 0.364. The van der Waals surface area contributed by atoms with E-state index in [4.69, 9.17) is 9.15 Å². The Kier molecular flexibility index (Phi) is 5.10. The Labute approximate surface area is 224 Å². The van der Waals surface area contributed by atoms with Gasteiger partial charge in [-0.25, -0.2) is 0 Å². The first kappa shape index (κ1) is 23.2. The molecule has 1 amide bonds. The third kappa shape index (κ3) is 3.07. The van der Waals surface area contributed by atoms with E-state index in [1.165, 1.54) is 13.4 Å². The van der Waals surface area contributed by atoms with Crippen molar-refractivity contribution in [2.24, 2.45) is 5.92 Å². The van der Waals surface area contributed by atoms with Gasteiger partial charge in [0.15, 0.2) is 11.5 Å². The van der Waals surface area contributed by atoms with Crippen molar-refractivity contribution in [2.45, 2.75) is 17.5 Å². The second-order valence-electron chi connectivity index (χ2n) is 9.99. The van der Waals surface area contributed by atoms with Crippen molar-refractivity contribution in [1.29, 1.82) is 0 Å². The Morgan fingerprint density at radius 1 is 0.923 bits per heavy atom. The number of ether oxygens (including phenoxy) is 1. The number of nitrogens with zero attached hydrogens (tertiary/aromatic N) is 1. The number of carbonyl (C=O) groups is 3. The smallest absolute Gasteiger partial charge is 0.238 e. The fourth-order valence-electron chi connectivity index (χ4n) is 6.75.